The van der Waals surface area contributed by atoms with Gasteiger partial charge < -0.3 is 4.98 Å². The van der Waals surface area contributed by atoms with Crippen molar-refractivity contribution in [2.75, 3.05) is 0 Å². The molecular weight excluding hydrogens is 223 g/mol. The quantitative estimate of drug-likeness (QED) is 0.664. The van der Waals surface area contributed by atoms with Crippen molar-refractivity contribution in [3.63, 3.8) is 0 Å². The van der Waals surface area contributed by atoms with Gasteiger partial charge in [0.2, 0.25) is 0 Å². The molecule has 3 aromatic rings. The largest absolute Gasteiger partial charge is 0.345 e. The van der Waals surface area contributed by atoms with Crippen molar-refractivity contribution < 1.29 is 4.39 Å². The van der Waals surface area contributed by atoms with Gasteiger partial charge in [-0.1, -0.05) is 0 Å². The molecule has 0 radical (unpaired) electrons. The molecule has 0 saturated heterocycles. The van der Waals surface area contributed by atoms with Gasteiger partial charge in [-0.05, 0) is 18.2 Å². The van der Waals surface area contributed by atoms with Crippen molar-refractivity contribution in [2.45, 2.75) is 0 Å². The SMILES string of the molecule is O=c1nc(-c2cn[nH]c2)c2cc(F)ccc2[nH]1. The average molecular weight is 230 g/mol. The second kappa shape index (κ2) is 3.51. The van der Waals surface area contributed by atoms with Gasteiger partial charge in [0.15, 0.2) is 0 Å². The van der Waals surface area contributed by atoms with Crippen LogP contribution in [-0.4, -0.2) is 20.2 Å². The van der Waals surface area contributed by atoms with Crippen LogP contribution in [0.1, 0.15) is 0 Å². The zero-order valence-corrected chi connectivity index (χ0v) is 8.57. The molecule has 0 unspecified atom stereocenters. The lowest BCUT2D eigenvalue weighted by molar-refractivity contribution is 0.629. The molecule has 3 rings (SSSR count). The third kappa shape index (κ3) is 1.59. The van der Waals surface area contributed by atoms with Gasteiger partial charge in [-0.2, -0.15) is 10.1 Å². The molecule has 2 aromatic heterocycles. The van der Waals surface area contributed by atoms with E-state index in [2.05, 4.69) is 20.2 Å². The molecule has 0 spiro atoms. The molecule has 0 aliphatic rings. The number of hydrogen-bond acceptors (Lipinski definition) is 3. The number of nitrogens with zero attached hydrogens (tertiary/aromatic N) is 2. The lowest BCUT2D eigenvalue weighted by atomic mass is 10.1. The Morgan fingerprint density at radius 2 is 2.18 bits per heavy atom. The minimum Gasteiger partial charge on any atom is -0.305 e. The Morgan fingerprint density at radius 1 is 1.29 bits per heavy atom. The Morgan fingerprint density at radius 3 is 2.94 bits per heavy atom. The maximum Gasteiger partial charge on any atom is 0.345 e. The molecule has 2 heterocycles. The summed E-state index contributed by atoms with van der Waals surface area (Å²) in [7, 11) is 0. The molecule has 5 nitrogen and oxygen atoms in total. The highest BCUT2D eigenvalue weighted by molar-refractivity contribution is 5.91. The zero-order chi connectivity index (χ0) is 11.8. The predicted molar refractivity (Wildman–Crippen MR) is 59.9 cm³/mol. The third-order valence-corrected chi connectivity index (χ3v) is 2.46. The fraction of sp³-hybridized carbons (Fsp3) is 0. The molecule has 1 aromatic carbocycles. The normalized spacial score (nSPS) is 10.9. The van der Waals surface area contributed by atoms with Crippen molar-refractivity contribution >= 4 is 10.9 Å². The second-order valence-electron chi connectivity index (χ2n) is 3.57. The molecular formula is C11H7FN4O. The fourth-order valence-electron chi connectivity index (χ4n) is 1.73. The number of H-pyrrole nitrogens is 2. The molecule has 0 aliphatic heterocycles. The van der Waals surface area contributed by atoms with Crippen molar-refractivity contribution in [1.82, 2.24) is 20.2 Å². The number of rotatable bonds is 1. The fourth-order valence-corrected chi connectivity index (χ4v) is 1.73. The number of aromatic nitrogens is 4. The Kier molecular flexibility index (Phi) is 2.01. The van der Waals surface area contributed by atoms with E-state index in [1.54, 1.807) is 6.20 Å². The van der Waals surface area contributed by atoms with E-state index in [0.29, 0.717) is 22.2 Å². The summed E-state index contributed by atoms with van der Waals surface area (Å²) < 4.78 is 13.2. The molecule has 0 amide bonds. The topological polar surface area (TPSA) is 74.4 Å². The van der Waals surface area contributed by atoms with Crippen LogP contribution in [0.25, 0.3) is 22.2 Å². The summed E-state index contributed by atoms with van der Waals surface area (Å²) in [6, 6.07) is 4.13. The first-order valence-electron chi connectivity index (χ1n) is 4.93. The number of halogens is 1. The van der Waals surface area contributed by atoms with Gasteiger partial charge in [-0.3, -0.25) is 5.10 Å². The van der Waals surface area contributed by atoms with Crippen LogP contribution < -0.4 is 5.69 Å². The second-order valence-corrected chi connectivity index (χ2v) is 3.57. The van der Waals surface area contributed by atoms with Crippen molar-refractivity contribution in [3.05, 3.63) is 46.9 Å². The highest BCUT2D eigenvalue weighted by Crippen LogP contribution is 2.23. The lowest BCUT2D eigenvalue weighted by Crippen LogP contribution is -2.11. The molecule has 0 atom stereocenters. The van der Waals surface area contributed by atoms with E-state index in [1.165, 1.54) is 24.4 Å². The van der Waals surface area contributed by atoms with E-state index in [9.17, 15) is 9.18 Å². The maximum atomic E-state index is 13.2. The summed E-state index contributed by atoms with van der Waals surface area (Å²) in [6.07, 6.45) is 3.14. The van der Waals surface area contributed by atoms with E-state index in [4.69, 9.17) is 0 Å². The first-order valence-corrected chi connectivity index (χ1v) is 4.93. The summed E-state index contributed by atoms with van der Waals surface area (Å²) in [5, 5.41) is 6.96. The molecule has 84 valence electrons. The number of fused-ring (bicyclic) bond motifs is 1. The first-order chi connectivity index (χ1) is 8.24. The van der Waals surface area contributed by atoms with Gasteiger partial charge in [0.1, 0.15) is 5.82 Å². The summed E-state index contributed by atoms with van der Waals surface area (Å²) >= 11 is 0. The average Bonchev–Trinajstić information content (AvgIpc) is 2.82. The van der Waals surface area contributed by atoms with Crippen LogP contribution in [0.5, 0.6) is 0 Å². The number of aromatic amines is 2. The Bertz CT molecular complexity index is 733. The highest BCUT2D eigenvalue weighted by atomic mass is 19.1. The molecule has 6 heteroatoms. The summed E-state index contributed by atoms with van der Waals surface area (Å²) in [4.78, 5) is 17.8. The molecule has 0 aliphatic carbocycles. The van der Waals surface area contributed by atoms with Crippen LogP contribution >= 0.6 is 0 Å². The van der Waals surface area contributed by atoms with Crippen molar-refractivity contribution in [2.24, 2.45) is 0 Å². The maximum absolute atomic E-state index is 13.2. The van der Waals surface area contributed by atoms with E-state index in [0.717, 1.165) is 0 Å². The summed E-state index contributed by atoms with van der Waals surface area (Å²) in [5.74, 6) is -0.379. The highest BCUT2D eigenvalue weighted by Gasteiger charge is 2.09. The molecule has 0 saturated carbocycles. The van der Waals surface area contributed by atoms with Crippen LogP contribution in [0.3, 0.4) is 0 Å². The minimum absolute atomic E-state index is 0.379. The van der Waals surface area contributed by atoms with Crippen LogP contribution in [0.15, 0.2) is 35.4 Å². The van der Waals surface area contributed by atoms with Gasteiger partial charge in [0, 0.05) is 17.1 Å². The minimum atomic E-state index is -0.472. The summed E-state index contributed by atoms with van der Waals surface area (Å²) in [5.41, 5.74) is 1.13. The smallest absolute Gasteiger partial charge is 0.305 e. The summed E-state index contributed by atoms with van der Waals surface area (Å²) in [6.45, 7) is 0. The van der Waals surface area contributed by atoms with Crippen LogP contribution in [0.2, 0.25) is 0 Å². The number of nitrogens with one attached hydrogen (secondary N) is 2. The lowest BCUT2D eigenvalue weighted by Gasteiger charge is -2.02. The van der Waals surface area contributed by atoms with Crippen molar-refractivity contribution in [3.8, 4) is 11.3 Å². The molecule has 0 bridgehead atoms. The van der Waals surface area contributed by atoms with Crippen LogP contribution in [-0.2, 0) is 0 Å². The van der Waals surface area contributed by atoms with Crippen molar-refractivity contribution in [1.29, 1.82) is 0 Å². The molecule has 2 N–H and O–H groups in total. The van der Waals surface area contributed by atoms with Crippen LogP contribution in [0.4, 0.5) is 4.39 Å². The third-order valence-electron chi connectivity index (χ3n) is 2.46. The number of hydrogen-bond donors (Lipinski definition) is 2. The Labute approximate surface area is 94.3 Å². The van der Waals surface area contributed by atoms with E-state index >= 15 is 0 Å². The zero-order valence-electron chi connectivity index (χ0n) is 8.57. The number of benzene rings is 1. The van der Waals surface area contributed by atoms with Gasteiger partial charge in [-0.25, -0.2) is 9.18 Å². The van der Waals surface area contributed by atoms with Gasteiger partial charge in [0.25, 0.3) is 0 Å². The predicted octanol–water partition coefficient (Wildman–Crippen LogP) is 1.45. The van der Waals surface area contributed by atoms with E-state index < -0.39 is 5.69 Å². The standard InChI is InChI=1S/C11H7FN4O/c12-7-1-2-9-8(3-7)10(16-11(17)15-9)6-4-13-14-5-6/h1-5H,(H,13,14)(H,15,16,17). The van der Waals surface area contributed by atoms with Gasteiger partial charge in [0.05, 0.1) is 17.4 Å². The van der Waals surface area contributed by atoms with E-state index in [-0.39, 0.29) is 5.82 Å². The van der Waals surface area contributed by atoms with Gasteiger partial charge >= 0.3 is 5.69 Å². The Balaban J connectivity index is 2.44. The monoisotopic (exact) mass is 230 g/mol. The van der Waals surface area contributed by atoms with E-state index in [1.807, 2.05) is 0 Å². The van der Waals surface area contributed by atoms with Gasteiger partial charge in [-0.15, -0.1) is 0 Å². The van der Waals surface area contributed by atoms with Crippen LogP contribution in [0, 0.1) is 5.82 Å². The Hall–Kier alpha value is -2.50. The molecule has 0 fully saturated rings. The first kappa shape index (κ1) is 9.71. The molecule has 17 heavy (non-hydrogen) atoms.